The standard InChI is InChI=1S/C8H14N/c1-4-7-8-9(5-2)6-3/h8H,5-6H2,1-3H3. The maximum atomic E-state index is 2.90. The molecule has 0 saturated carbocycles. The molecule has 1 heteroatoms. The Bertz CT molecular complexity index is 103. The summed E-state index contributed by atoms with van der Waals surface area (Å²) in [4.78, 5) is 2.16. The molecule has 0 aliphatic heterocycles. The van der Waals surface area contributed by atoms with E-state index >= 15 is 0 Å². The molecule has 0 bridgehead atoms. The summed E-state index contributed by atoms with van der Waals surface area (Å²) in [5.74, 6) is 5.72. The van der Waals surface area contributed by atoms with Gasteiger partial charge in [0, 0.05) is 0 Å². The largest absolute Gasteiger partial charge is 0.288 e. The number of hydrogen-bond acceptors (Lipinski definition) is 1. The van der Waals surface area contributed by atoms with Crippen LogP contribution in [-0.2, 0) is 0 Å². The highest BCUT2D eigenvalue weighted by Gasteiger charge is 1.92. The fraction of sp³-hybridized carbons (Fsp3) is 0.625. The van der Waals surface area contributed by atoms with Crippen LogP contribution >= 0.6 is 0 Å². The van der Waals surface area contributed by atoms with Crippen molar-refractivity contribution in [1.29, 1.82) is 0 Å². The Balaban J connectivity index is 3.39. The van der Waals surface area contributed by atoms with Crippen molar-refractivity contribution in [3.05, 3.63) is 6.54 Å². The number of nitrogens with zero attached hydrogens (tertiary/aromatic N) is 1. The molecule has 0 heterocycles. The van der Waals surface area contributed by atoms with Gasteiger partial charge in [-0.1, -0.05) is 19.8 Å². The third-order valence-electron chi connectivity index (χ3n) is 1.20. The topological polar surface area (TPSA) is 3.24 Å². The number of rotatable bonds is 3. The van der Waals surface area contributed by atoms with Crippen LogP contribution in [0.15, 0.2) is 0 Å². The lowest BCUT2D eigenvalue weighted by Gasteiger charge is -2.12. The zero-order chi connectivity index (χ0) is 7.11. The minimum absolute atomic E-state index is 1.05. The molecule has 0 aliphatic rings. The summed E-state index contributed by atoms with van der Waals surface area (Å²) in [6.07, 6.45) is 0. The van der Waals surface area contributed by atoms with E-state index in [2.05, 4.69) is 30.6 Å². The fourth-order valence-electron chi connectivity index (χ4n) is 0.562. The SMILES string of the molecule is CC#C[CH]N(CC)CC. The van der Waals surface area contributed by atoms with Gasteiger partial charge in [-0.15, -0.1) is 5.92 Å². The van der Waals surface area contributed by atoms with Crippen LogP contribution in [0.4, 0.5) is 0 Å². The first kappa shape index (κ1) is 8.52. The molecule has 0 saturated heterocycles. The van der Waals surface area contributed by atoms with Crippen molar-refractivity contribution in [2.24, 2.45) is 0 Å². The van der Waals surface area contributed by atoms with Gasteiger partial charge in [-0.25, -0.2) is 0 Å². The van der Waals surface area contributed by atoms with Crippen LogP contribution in [0.5, 0.6) is 0 Å². The van der Waals surface area contributed by atoms with Crippen LogP contribution in [0, 0.1) is 18.4 Å². The molecule has 0 N–H and O–H groups in total. The van der Waals surface area contributed by atoms with E-state index in [0.717, 1.165) is 13.1 Å². The monoisotopic (exact) mass is 124 g/mol. The van der Waals surface area contributed by atoms with E-state index in [1.807, 2.05) is 13.5 Å². The van der Waals surface area contributed by atoms with Crippen molar-refractivity contribution in [1.82, 2.24) is 4.90 Å². The van der Waals surface area contributed by atoms with Crippen molar-refractivity contribution in [3.63, 3.8) is 0 Å². The van der Waals surface area contributed by atoms with E-state index in [4.69, 9.17) is 0 Å². The van der Waals surface area contributed by atoms with Gasteiger partial charge in [0.2, 0.25) is 0 Å². The summed E-state index contributed by atoms with van der Waals surface area (Å²) in [5, 5.41) is 0. The van der Waals surface area contributed by atoms with Crippen molar-refractivity contribution in [2.45, 2.75) is 20.8 Å². The van der Waals surface area contributed by atoms with Gasteiger partial charge in [0.25, 0.3) is 0 Å². The quantitative estimate of drug-likeness (QED) is 0.515. The fourth-order valence-corrected chi connectivity index (χ4v) is 0.562. The molecule has 1 radical (unpaired) electrons. The summed E-state index contributed by atoms with van der Waals surface area (Å²) < 4.78 is 0. The van der Waals surface area contributed by atoms with Crippen LogP contribution in [0.2, 0.25) is 0 Å². The lowest BCUT2D eigenvalue weighted by Crippen LogP contribution is -2.18. The van der Waals surface area contributed by atoms with Crippen molar-refractivity contribution in [2.75, 3.05) is 13.1 Å². The highest BCUT2D eigenvalue weighted by atomic mass is 15.1. The second-order valence-corrected chi connectivity index (χ2v) is 1.74. The molecular weight excluding hydrogens is 110 g/mol. The molecule has 1 nitrogen and oxygen atoms in total. The van der Waals surface area contributed by atoms with Gasteiger partial charge in [0.15, 0.2) is 0 Å². The Kier molecular flexibility index (Phi) is 5.35. The average Bonchev–Trinajstić information content (AvgIpc) is 1.91. The lowest BCUT2D eigenvalue weighted by molar-refractivity contribution is 0.391. The van der Waals surface area contributed by atoms with Gasteiger partial charge in [-0.3, -0.25) is 4.90 Å². The predicted molar refractivity (Wildman–Crippen MR) is 40.7 cm³/mol. The first-order valence-corrected chi connectivity index (χ1v) is 3.34. The second kappa shape index (κ2) is 5.65. The summed E-state index contributed by atoms with van der Waals surface area (Å²) in [5.41, 5.74) is 0. The Morgan fingerprint density at radius 2 is 1.89 bits per heavy atom. The van der Waals surface area contributed by atoms with E-state index in [0.29, 0.717) is 0 Å². The average molecular weight is 124 g/mol. The molecule has 0 spiro atoms. The van der Waals surface area contributed by atoms with E-state index in [1.165, 1.54) is 0 Å². The minimum Gasteiger partial charge on any atom is -0.288 e. The molecule has 0 amide bonds. The first-order valence-electron chi connectivity index (χ1n) is 3.34. The molecule has 0 aliphatic carbocycles. The van der Waals surface area contributed by atoms with E-state index in [1.54, 1.807) is 0 Å². The predicted octanol–water partition coefficient (Wildman–Crippen LogP) is 1.51. The first-order chi connectivity index (χ1) is 4.35. The lowest BCUT2D eigenvalue weighted by atomic mass is 10.5. The Hall–Kier alpha value is -0.480. The van der Waals surface area contributed by atoms with E-state index in [-0.39, 0.29) is 0 Å². The second-order valence-electron chi connectivity index (χ2n) is 1.74. The van der Waals surface area contributed by atoms with Crippen LogP contribution in [0.1, 0.15) is 20.8 Å². The molecular formula is C8H14N. The Morgan fingerprint density at radius 3 is 2.22 bits per heavy atom. The minimum atomic E-state index is 1.05. The van der Waals surface area contributed by atoms with Crippen molar-refractivity contribution >= 4 is 0 Å². The molecule has 0 rings (SSSR count). The Morgan fingerprint density at radius 1 is 1.33 bits per heavy atom. The zero-order valence-corrected chi connectivity index (χ0v) is 6.44. The van der Waals surface area contributed by atoms with Gasteiger partial charge >= 0.3 is 0 Å². The summed E-state index contributed by atoms with van der Waals surface area (Å²) in [7, 11) is 0. The van der Waals surface area contributed by atoms with Gasteiger partial charge < -0.3 is 0 Å². The summed E-state index contributed by atoms with van der Waals surface area (Å²) in [6.45, 7) is 10.1. The normalized spacial score (nSPS) is 8.89. The molecule has 9 heavy (non-hydrogen) atoms. The highest BCUT2D eigenvalue weighted by molar-refractivity contribution is 5.06. The van der Waals surface area contributed by atoms with Crippen LogP contribution in [0.25, 0.3) is 0 Å². The maximum Gasteiger partial charge on any atom is 0.0986 e. The van der Waals surface area contributed by atoms with Gasteiger partial charge in [0.1, 0.15) is 0 Å². The van der Waals surface area contributed by atoms with Crippen LogP contribution in [0.3, 0.4) is 0 Å². The molecule has 51 valence electrons. The third-order valence-corrected chi connectivity index (χ3v) is 1.20. The van der Waals surface area contributed by atoms with Crippen LogP contribution in [-0.4, -0.2) is 18.0 Å². The van der Waals surface area contributed by atoms with Crippen molar-refractivity contribution in [3.8, 4) is 11.8 Å². The van der Waals surface area contributed by atoms with Gasteiger partial charge in [-0.05, 0) is 20.0 Å². The molecule has 0 fully saturated rings. The van der Waals surface area contributed by atoms with Crippen molar-refractivity contribution < 1.29 is 0 Å². The molecule has 0 aromatic carbocycles. The van der Waals surface area contributed by atoms with Crippen LogP contribution < -0.4 is 0 Å². The molecule has 0 unspecified atom stereocenters. The summed E-state index contributed by atoms with van der Waals surface area (Å²) in [6, 6.07) is 0. The zero-order valence-electron chi connectivity index (χ0n) is 6.44. The smallest absolute Gasteiger partial charge is 0.0986 e. The highest BCUT2D eigenvalue weighted by Crippen LogP contribution is 1.88. The third kappa shape index (κ3) is 4.05. The van der Waals surface area contributed by atoms with Gasteiger partial charge in [-0.2, -0.15) is 0 Å². The van der Waals surface area contributed by atoms with Gasteiger partial charge in [0.05, 0.1) is 6.54 Å². The van der Waals surface area contributed by atoms with E-state index in [9.17, 15) is 0 Å². The molecule has 0 atom stereocenters. The molecule has 0 aromatic rings. The molecule has 0 aromatic heterocycles. The van der Waals surface area contributed by atoms with E-state index < -0.39 is 0 Å². The summed E-state index contributed by atoms with van der Waals surface area (Å²) >= 11 is 0. The number of hydrogen-bond donors (Lipinski definition) is 0. The Labute approximate surface area is 58.1 Å². The maximum absolute atomic E-state index is 2.90.